The molecule has 0 radical (unpaired) electrons. The minimum absolute atomic E-state index is 0.211. The zero-order valence-electron chi connectivity index (χ0n) is 15.4. The van der Waals surface area contributed by atoms with Crippen molar-refractivity contribution in [1.29, 1.82) is 0 Å². The summed E-state index contributed by atoms with van der Waals surface area (Å²) in [5, 5.41) is 4.44. The number of sulfonamides is 1. The Morgan fingerprint density at radius 1 is 0.962 bits per heavy atom. The maximum absolute atomic E-state index is 13.1. The molecule has 5 nitrogen and oxygen atoms in total. The lowest BCUT2D eigenvalue weighted by atomic mass is 10.0. The van der Waals surface area contributed by atoms with Crippen LogP contribution in [-0.4, -0.2) is 18.2 Å². The third-order valence-corrected chi connectivity index (χ3v) is 5.94. The van der Waals surface area contributed by atoms with Gasteiger partial charge in [0.25, 0.3) is 10.0 Å². The summed E-state index contributed by atoms with van der Waals surface area (Å²) in [6.45, 7) is 7.57. The van der Waals surface area contributed by atoms with Crippen molar-refractivity contribution < 1.29 is 8.42 Å². The molecule has 0 amide bonds. The van der Waals surface area contributed by atoms with Gasteiger partial charge >= 0.3 is 0 Å². The van der Waals surface area contributed by atoms with E-state index < -0.39 is 10.0 Å². The third-order valence-electron chi connectivity index (χ3n) is 4.32. The van der Waals surface area contributed by atoms with Gasteiger partial charge in [0.1, 0.15) is 4.90 Å². The lowest BCUT2D eigenvalue weighted by Crippen LogP contribution is -2.16. The zero-order chi connectivity index (χ0) is 18.9. The van der Waals surface area contributed by atoms with E-state index >= 15 is 0 Å². The minimum atomic E-state index is -3.75. The first kappa shape index (κ1) is 18.2. The average molecular weight is 369 g/mol. The second-order valence-electron chi connectivity index (χ2n) is 6.59. The van der Waals surface area contributed by atoms with Crippen LogP contribution in [0.1, 0.15) is 36.7 Å². The molecule has 0 saturated carbocycles. The lowest BCUT2D eigenvalue weighted by molar-refractivity contribution is 0.600. The molecule has 2 aromatic carbocycles. The Morgan fingerprint density at radius 2 is 1.58 bits per heavy atom. The standard InChI is InChI=1S/C20H23N3O2S/c1-14(2)18-12-8-9-13-19(18)22-26(24,25)20-15(3)21-23(16(20)4)17-10-6-5-7-11-17/h5-14,22H,1-4H3. The molecule has 0 spiro atoms. The van der Waals surface area contributed by atoms with Crippen LogP contribution in [0.5, 0.6) is 0 Å². The second-order valence-corrected chi connectivity index (χ2v) is 8.21. The molecule has 1 N–H and O–H groups in total. The van der Waals surface area contributed by atoms with Crippen molar-refractivity contribution in [2.45, 2.75) is 38.5 Å². The van der Waals surface area contributed by atoms with E-state index in [4.69, 9.17) is 0 Å². The Kier molecular flexibility index (Phi) is 4.87. The fraction of sp³-hybridized carbons (Fsp3) is 0.250. The van der Waals surface area contributed by atoms with E-state index in [2.05, 4.69) is 9.82 Å². The van der Waals surface area contributed by atoms with Crippen molar-refractivity contribution in [2.75, 3.05) is 4.72 Å². The summed E-state index contributed by atoms with van der Waals surface area (Å²) < 4.78 is 30.6. The van der Waals surface area contributed by atoms with Gasteiger partial charge in [0.05, 0.1) is 22.8 Å². The SMILES string of the molecule is Cc1nn(-c2ccccc2)c(C)c1S(=O)(=O)Nc1ccccc1C(C)C. The summed E-state index contributed by atoms with van der Waals surface area (Å²) in [5.41, 5.74) is 3.46. The van der Waals surface area contributed by atoms with Gasteiger partial charge in [-0.05, 0) is 43.5 Å². The van der Waals surface area contributed by atoms with Crippen LogP contribution in [0.25, 0.3) is 5.69 Å². The van der Waals surface area contributed by atoms with Gasteiger partial charge in [-0.3, -0.25) is 4.72 Å². The molecule has 0 unspecified atom stereocenters. The van der Waals surface area contributed by atoms with Crippen molar-refractivity contribution >= 4 is 15.7 Å². The summed E-state index contributed by atoms with van der Waals surface area (Å²) in [4.78, 5) is 0.222. The first-order chi connectivity index (χ1) is 12.3. The highest BCUT2D eigenvalue weighted by molar-refractivity contribution is 7.92. The monoisotopic (exact) mass is 369 g/mol. The van der Waals surface area contributed by atoms with Gasteiger partial charge in [-0.2, -0.15) is 5.10 Å². The number of benzene rings is 2. The van der Waals surface area contributed by atoms with E-state index in [1.165, 1.54) is 0 Å². The maximum Gasteiger partial charge on any atom is 0.265 e. The Hall–Kier alpha value is -2.60. The van der Waals surface area contributed by atoms with E-state index in [1.54, 1.807) is 24.6 Å². The average Bonchev–Trinajstić information content (AvgIpc) is 2.90. The highest BCUT2D eigenvalue weighted by Gasteiger charge is 2.26. The number of nitrogens with one attached hydrogen (secondary N) is 1. The molecule has 0 aliphatic carbocycles. The predicted molar refractivity (Wildman–Crippen MR) is 104 cm³/mol. The molecule has 6 heteroatoms. The van der Waals surface area contributed by atoms with Crippen molar-refractivity contribution in [3.63, 3.8) is 0 Å². The highest BCUT2D eigenvalue weighted by atomic mass is 32.2. The van der Waals surface area contributed by atoms with Gasteiger partial charge in [-0.15, -0.1) is 0 Å². The topological polar surface area (TPSA) is 64.0 Å². The van der Waals surface area contributed by atoms with Gasteiger partial charge < -0.3 is 0 Å². The summed E-state index contributed by atoms with van der Waals surface area (Å²) in [6.07, 6.45) is 0. The fourth-order valence-corrected chi connectivity index (χ4v) is 4.61. The van der Waals surface area contributed by atoms with Crippen LogP contribution in [-0.2, 0) is 10.0 Å². The van der Waals surface area contributed by atoms with E-state index in [9.17, 15) is 8.42 Å². The molecule has 0 saturated heterocycles. The number of rotatable bonds is 5. The molecule has 0 fully saturated rings. The Balaban J connectivity index is 2.05. The van der Waals surface area contributed by atoms with E-state index in [1.807, 2.05) is 62.4 Å². The first-order valence-electron chi connectivity index (χ1n) is 8.54. The fourth-order valence-electron chi connectivity index (χ4n) is 3.13. The Morgan fingerprint density at radius 3 is 2.23 bits per heavy atom. The summed E-state index contributed by atoms with van der Waals surface area (Å²) in [6, 6.07) is 17.0. The van der Waals surface area contributed by atoms with Gasteiger partial charge in [-0.25, -0.2) is 13.1 Å². The quantitative estimate of drug-likeness (QED) is 0.724. The van der Waals surface area contributed by atoms with E-state index in [0.717, 1.165) is 11.3 Å². The molecule has 0 bridgehead atoms. The number of anilines is 1. The number of nitrogens with zero attached hydrogens (tertiary/aromatic N) is 2. The van der Waals surface area contributed by atoms with Crippen LogP contribution in [0, 0.1) is 13.8 Å². The lowest BCUT2D eigenvalue weighted by Gasteiger charge is -2.15. The van der Waals surface area contributed by atoms with Crippen LogP contribution >= 0.6 is 0 Å². The Bertz CT molecular complexity index is 1020. The normalized spacial score (nSPS) is 11.7. The van der Waals surface area contributed by atoms with Crippen molar-refractivity contribution in [2.24, 2.45) is 0 Å². The zero-order valence-corrected chi connectivity index (χ0v) is 16.2. The molecular formula is C20H23N3O2S. The van der Waals surface area contributed by atoms with Gasteiger partial charge in [0.15, 0.2) is 0 Å². The summed E-state index contributed by atoms with van der Waals surface area (Å²) in [7, 11) is -3.75. The van der Waals surface area contributed by atoms with Crippen LogP contribution in [0.4, 0.5) is 5.69 Å². The second kappa shape index (κ2) is 6.96. The molecule has 136 valence electrons. The van der Waals surface area contributed by atoms with Crippen LogP contribution in [0.15, 0.2) is 59.5 Å². The number of hydrogen-bond donors (Lipinski definition) is 1. The molecule has 0 aliphatic heterocycles. The maximum atomic E-state index is 13.1. The molecule has 1 heterocycles. The van der Waals surface area contributed by atoms with Crippen LogP contribution in [0.3, 0.4) is 0 Å². The van der Waals surface area contributed by atoms with Gasteiger partial charge in [0, 0.05) is 0 Å². The highest BCUT2D eigenvalue weighted by Crippen LogP contribution is 2.29. The number of para-hydroxylation sites is 2. The molecule has 1 aromatic heterocycles. The molecule has 0 atom stereocenters. The Labute approximate surface area is 154 Å². The molecule has 3 rings (SSSR count). The van der Waals surface area contributed by atoms with Crippen LogP contribution < -0.4 is 4.72 Å². The van der Waals surface area contributed by atoms with Crippen LogP contribution in [0.2, 0.25) is 0 Å². The molecule has 26 heavy (non-hydrogen) atoms. The van der Waals surface area contributed by atoms with Gasteiger partial charge in [0.2, 0.25) is 0 Å². The number of aromatic nitrogens is 2. The van der Waals surface area contributed by atoms with E-state index in [-0.39, 0.29) is 10.8 Å². The molecule has 3 aromatic rings. The minimum Gasteiger partial charge on any atom is -0.279 e. The number of aryl methyl sites for hydroxylation is 1. The molecular weight excluding hydrogens is 346 g/mol. The first-order valence-corrected chi connectivity index (χ1v) is 10.0. The molecule has 0 aliphatic rings. The summed E-state index contributed by atoms with van der Waals surface area (Å²) in [5.74, 6) is 0.211. The van der Waals surface area contributed by atoms with Crippen molar-refractivity contribution in [3.05, 3.63) is 71.5 Å². The smallest absolute Gasteiger partial charge is 0.265 e. The van der Waals surface area contributed by atoms with Gasteiger partial charge in [-0.1, -0.05) is 50.2 Å². The third kappa shape index (κ3) is 3.37. The van der Waals surface area contributed by atoms with Crippen molar-refractivity contribution in [3.8, 4) is 5.69 Å². The predicted octanol–water partition coefficient (Wildman–Crippen LogP) is 4.41. The van der Waals surface area contributed by atoms with Crippen molar-refractivity contribution in [1.82, 2.24) is 9.78 Å². The number of hydrogen-bond acceptors (Lipinski definition) is 3. The summed E-state index contributed by atoms with van der Waals surface area (Å²) >= 11 is 0. The van der Waals surface area contributed by atoms with E-state index in [0.29, 0.717) is 17.1 Å². The largest absolute Gasteiger partial charge is 0.279 e.